The topological polar surface area (TPSA) is 99.1 Å². The van der Waals surface area contributed by atoms with E-state index in [2.05, 4.69) is 15.0 Å². The fraction of sp³-hybridized carbons (Fsp3) is 0.300. The van der Waals surface area contributed by atoms with Crippen LogP contribution < -0.4 is 15.0 Å². The zero-order valence-corrected chi connectivity index (χ0v) is 16.1. The van der Waals surface area contributed by atoms with E-state index in [4.69, 9.17) is 10.2 Å². The third kappa shape index (κ3) is 6.66. The van der Waals surface area contributed by atoms with Crippen molar-refractivity contribution in [3.8, 4) is 5.75 Å². The van der Waals surface area contributed by atoms with Crippen LogP contribution in [0.1, 0.15) is 26.3 Å². The van der Waals surface area contributed by atoms with E-state index in [0.29, 0.717) is 0 Å². The van der Waals surface area contributed by atoms with Gasteiger partial charge in [-0.25, -0.2) is 9.59 Å². The Labute approximate surface area is 170 Å². The number of benzene rings is 2. The first-order chi connectivity index (χ1) is 14.1. The lowest BCUT2D eigenvalue weighted by Crippen LogP contribution is -2.43. The van der Waals surface area contributed by atoms with E-state index in [1.54, 1.807) is 12.1 Å². The Balaban J connectivity index is 0.000000222. The van der Waals surface area contributed by atoms with Crippen LogP contribution in [0.25, 0.3) is 0 Å². The van der Waals surface area contributed by atoms with E-state index in [0.717, 1.165) is 31.9 Å². The minimum absolute atomic E-state index is 0.0277. The van der Waals surface area contributed by atoms with Gasteiger partial charge in [-0.3, -0.25) is 0 Å². The summed E-state index contributed by atoms with van der Waals surface area (Å²) in [5.41, 5.74) is 1.25. The molecule has 0 amide bonds. The molecule has 0 radical (unpaired) electrons. The summed E-state index contributed by atoms with van der Waals surface area (Å²) < 4.78 is 39.7. The quantitative estimate of drug-likeness (QED) is 0.689. The molecule has 3 N–H and O–H groups in total. The molecule has 1 aliphatic heterocycles. The molecule has 0 bridgehead atoms. The maximum Gasteiger partial charge on any atom is 0.573 e. The Morgan fingerprint density at radius 2 is 1.47 bits per heavy atom. The molecular formula is C20H21F3N2O5. The van der Waals surface area contributed by atoms with Crippen molar-refractivity contribution in [1.82, 2.24) is 5.32 Å². The molecule has 3 rings (SSSR count). The first-order valence-electron chi connectivity index (χ1n) is 8.96. The number of carbonyl (C=O) groups is 2. The van der Waals surface area contributed by atoms with E-state index in [9.17, 15) is 22.8 Å². The molecule has 1 aliphatic rings. The monoisotopic (exact) mass is 426 g/mol. The number of carboxylic acids is 2. The van der Waals surface area contributed by atoms with Gasteiger partial charge in [-0.1, -0.05) is 6.07 Å². The van der Waals surface area contributed by atoms with E-state index in [-0.39, 0.29) is 22.4 Å². The molecule has 2 aromatic carbocycles. The maximum atomic E-state index is 12.0. The van der Waals surface area contributed by atoms with Gasteiger partial charge in [0.2, 0.25) is 0 Å². The largest absolute Gasteiger partial charge is 0.573 e. The Morgan fingerprint density at radius 1 is 0.967 bits per heavy atom. The Kier molecular flexibility index (Phi) is 7.65. The van der Waals surface area contributed by atoms with Gasteiger partial charge in [-0.15, -0.1) is 13.2 Å². The van der Waals surface area contributed by atoms with Crippen LogP contribution in [0.3, 0.4) is 0 Å². The molecule has 1 fully saturated rings. The van der Waals surface area contributed by atoms with Gasteiger partial charge < -0.3 is 25.2 Å². The molecule has 0 atom stereocenters. The van der Waals surface area contributed by atoms with Gasteiger partial charge in [0.25, 0.3) is 0 Å². The average molecular weight is 426 g/mol. The van der Waals surface area contributed by atoms with Crippen molar-refractivity contribution >= 4 is 17.6 Å². The van der Waals surface area contributed by atoms with E-state index >= 15 is 0 Å². The normalized spacial score (nSPS) is 13.8. The zero-order valence-electron chi connectivity index (χ0n) is 16.1. The van der Waals surface area contributed by atoms with Crippen LogP contribution >= 0.6 is 0 Å². The van der Waals surface area contributed by atoms with Crippen LogP contribution in [0, 0.1) is 6.92 Å². The van der Waals surface area contributed by atoms with Crippen molar-refractivity contribution in [2.75, 3.05) is 31.1 Å². The van der Waals surface area contributed by atoms with Gasteiger partial charge in [0.05, 0.1) is 11.1 Å². The lowest BCUT2D eigenvalue weighted by atomic mass is 10.0. The number of hydrogen-bond donors (Lipinski definition) is 3. The Bertz CT molecular complexity index is 847. The van der Waals surface area contributed by atoms with Crippen LogP contribution in [0.5, 0.6) is 5.75 Å². The van der Waals surface area contributed by atoms with Crippen molar-refractivity contribution < 1.29 is 37.7 Å². The van der Waals surface area contributed by atoms with Crippen molar-refractivity contribution in [3.05, 3.63) is 59.2 Å². The van der Waals surface area contributed by atoms with Gasteiger partial charge in [0, 0.05) is 31.9 Å². The van der Waals surface area contributed by atoms with E-state index in [1.807, 2.05) is 0 Å². The lowest BCUT2D eigenvalue weighted by molar-refractivity contribution is -0.274. The predicted octanol–water partition coefficient (Wildman–Crippen LogP) is 3.39. The number of alkyl halides is 3. The number of nitrogens with zero attached hydrogens (tertiary/aromatic N) is 1. The van der Waals surface area contributed by atoms with Crippen LogP contribution in [-0.4, -0.2) is 54.7 Å². The number of rotatable bonds is 4. The molecule has 0 unspecified atom stereocenters. The standard InChI is InChI=1S/C11H13F3N2O.C9H8O4/c12-11(13,14)17-10-3-1-9(2-4-10)16-7-5-15-6-8-16;1-5-6(8(10)11)3-2-4-7(5)9(12)13/h1-4,15H,5-8H2;2-4H,1H3,(H,10,11)(H,12,13). The molecule has 7 nitrogen and oxygen atoms in total. The Hall–Kier alpha value is -3.27. The SMILES string of the molecule is Cc1c(C(=O)O)cccc1C(=O)O.FC(F)(F)Oc1ccc(N2CCNCC2)cc1. The number of nitrogens with one attached hydrogen (secondary N) is 1. The first kappa shape index (κ1) is 23.0. The summed E-state index contributed by atoms with van der Waals surface area (Å²) in [6.45, 7) is 4.98. The molecule has 0 saturated carbocycles. The van der Waals surface area contributed by atoms with Gasteiger partial charge in [-0.2, -0.15) is 0 Å². The number of piperazine rings is 1. The molecule has 162 valence electrons. The third-order valence-electron chi connectivity index (χ3n) is 4.35. The van der Waals surface area contributed by atoms with E-state index in [1.165, 1.54) is 37.3 Å². The highest BCUT2D eigenvalue weighted by atomic mass is 19.4. The Morgan fingerprint density at radius 3 is 1.90 bits per heavy atom. The molecule has 0 aromatic heterocycles. The fourth-order valence-corrected chi connectivity index (χ4v) is 2.88. The summed E-state index contributed by atoms with van der Waals surface area (Å²) in [4.78, 5) is 23.3. The average Bonchev–Trinajstić information content (AvgIpc) is 2.68. The highest BCUT2D eigenvalue weighted by Crippen LogP contribution is 2.25. The summed E-state index contributed by atoms with van der Waals surface area (Å²) in [5.74, 6) is -2.41. The van der Waals surface area contributed by atoms with Crippen molar-refractivity contribution in [2.24, 2.45) is 0 Å². The molecule has 1 heterocycles. The molecule has 10 heteroatoms. The molecular weight excluding hydrogens is 405 g/mol. The molecule has 0 spiro atoms. The van der Waals surface area contributed by atoms with Crippen LogP contribution in [0.4, 0.5) is 18.9 Å². The van der Waals surface area contributed by atoms with Gasteiger partial charge >= 0.3 is 18.3 Å². The van der Waals surface area contributed by atoms with Gasteiger partial charge in [-0.05, 0) is 48.9 Å². The number of aromatic carboxylic acids is 2. The number of hydrogen-bond acceptors (Lipinski definition) is 5. The molecule has 1 saturated heterocycles. The number of carboxylic acid groups (broad SMARTS) is 2. The summed E-state index contributed by atoms with van der Waals surface area (Å²) in [5, 5.41) is 20.6. The second-order valence-electron chi connectivity index (χ2n) is 6.37. The number of ether oxygens (including phenoxy) is 1. The minimum atomic E-state index is -4.63. The minimum Gasteiger partial charge on any atom is -0.478 e. The van der Waals surface area contributed by atoms with Gasteiger partial charge in [0.1, 0.15) is 5.75 Å². The number of halogens is 3. The van der Waals surface area contributed by atoms with Gasteiger partial charge in [0.15, 0.2) is 0 Å². The summed E-state index contributed by atoms with van der Waals surface area (Å²) in [6, 6.07) is 10.1. The third-order valence-corrected chi connectivity index (χ3v) is 4.35. The summed E-state index contributed by atoms with van der Waals surface area (Å²) in [6.07, 6.45) is -4.63. The second-order valence-corrected chi connectivity index (χ2v) is 6.37. The van der Waals surface area contributed by atoms with Crippen molar-refractivity contribution in [2.45, 2.75) is 13.3 Å². The highest BCUT2D eigenvalue weighted by molar-refractivity contribution is 5.96. The van der Waals surface area contributed by atoms with Crippen LogP contribution in [0.2, 0.25) is 0 Å². The zero-order chi connectivity index (χ0) is 22.3. The first-order valence-corrected chi connectivity index (χ1v) is 8.96. The lowest BCUT2D eigenvalue weighted by Gasteiger charge is -2.29. The highest BCUT2D eigenvalue weighted by Gasteiger charge is 2.31. The molecule has 0 aliphatic carbocycles. The predicted molar refractivity (Wildman–Crippen MR) is 103 cm³/mol. The van der Waals surface area contributed by atoms with Crippen LogP contribution in [-0.2, 0) is 0 Å². The van der Waals surface area contributed by atoms with E-state index < -0.39 is 18.3 Å². The number of anilines is 1. The fourth-order valence-electron chi connectivity index (χ4n) is 2.88. The maximum absolute atomic E-state index is 12.0. The smallest absolute Gasteiger partial charge is 0.478 e. The van der Waals surface area contributed by atoms with Crippen LogP contribution in [0.15, 0.2) is 42.5 Å². The summed E-state index contributed by atoms with van der Waals surface area (Å²) in [7, 11) is 0. The molecule has 30 heavy (non-hydrogen) atoms. The second kappa shape index (κ2) is 9.97. The molecule has 2 aromatic rings. The van der Waals surface area contributed by atoms with Crippen molar-refractivity contribution in [3.63, 3.8) is 0 Å². The van der Waals surface area contributed by atoms with Crippen molar-refractivity contribution in [1.29, 1.82) is 0 Å². The summed E-state index contributed by atoms with van der Waals surface area (Å²) >= 11 is 0.